The lowest BCUT2D eigenvalue weighted by molar-refractivity contribution is 0.118. The Morgan fingerprint density at radius 1 is 0.857 bits per heavy atom. The van der Waals surface area contributed by atoms with Crippen LogP contribution < -0.4 is 0 Å². The van der Waals surface area contributed by atoms with Crippen LogP contribution >= 0.6 is 0 Å². The quantitative estimate of drug-likeness (QED) is 0.640. The normalized spacial score (nSPS) is 31.9. The zero-order chi connectivity index (χ0) is 10.8. The molecule has 0 aromatic carbocycles. The van der Waals surface area contributed by atoms with Gasteiger partial charge in [-0.25, -0.2) is 0 Å². The van der Waals surface area contributed by atoms with Gasteiger partial charge in [-0.15, -0.1) is 0 Å². The lowest BCUT2D eigenvalue weighted by Crippen LogP contribution is -2.44. The third kappa shape index (κ3) is 1.76. The molecule has 84 valence electrons. The summed E-state index contributed by atoms with van der Waals surface area (Å²) in [5.74, 6) is 1.48. The summed E-state index contributed by atoms with van der Waals surface area (Å²) in [4.78, 5) is 0. The molecule has 0 aromatic heterocycles. The van der Waals surface area contributed by atoms with Crippen LogP contribution in [-0.2, 0) is 13.3 Å². The van der Waals surface area contributed by atoms with Crippen molar-refractivity contribution in [1.29, 1.82) is 0 Å². The van der Waals surface area contributed by atoms with E-state index < -0.39 is 8.80 Å². The van der Waals surface area contributed by atoms with Gasteiger partial charge in [-0.05, 0) is 11.8 Å². The van der Waals surface area contributed by atoms with Crippen LogP contribution in [0.1, 0.15) is 26.7 Å². The highest BCUT2D eigenvalue weighted by molar-refractivity contribution is 6.63. The molecule has 0 spiro atoms. The lowest BCUT2D eigenvalue weighted by Gasteiger charge is -2.25. The largest absolute Gasteiger partial charge is 0.504 e. The molecule has 1 aliphatic rings. The van der Waals surface area contributed by atoms with Gasteiger partial charge in [0.1, 0.15) is 0 Å². The fourth-order valence-electron chi connectivity index (χ4n) is 2.74. The van der Waals surface area contributed by atoms with Gasteiger partial charge in [-0.1, -0.05) is 26.7 Å². The van der Waals surface area contributed by atoms with E-state index in [9.17, 15) is 0 Å². The van der Waals surface area contributed by atoms with Gasteiger partial charge in [0.15, 0.2) is 0 Å². The van der Waals surface area contributed by atoms with Gasteiger partial charge in [-0.2, -0.15) is 0 Å². The smallest absolute Gasteiger partial charge is 0.377 e. The molecule has 1 aliphatic carbocycles. The Balaban J connectivity index is 2.71. The molecule has 4 heteroatoms. The molecular formula is C10H22O3Si. The van der Waals surface area contributed by atoms with Crippen LogP contribution in [0.3, 0.4) is 0 Å². The van der Waals surface area contributed by atoms with Crippen LogP contribution in [0.25, 0.3) is 0 Å². The van der Waals surface area contributed by atoms with Gasteiger partial charge in [-0.3, -0.25) is 0 Å². The van der Waals surface area contributed by atoms with Crippen LogP contribution in [0.15, 0.2) is 0 Å². The highest BCUT2D eigenvalue weighted by atomic mass is 28.4. The van der Waals surface area contributed by atoms with Gasteiger partial charge in [0, 0.05) is 26.9 Å². The molecule has 0 radical (unpaired) electrons. The summed E-state index contributed by atoms with van der Waals surface area (Å²) in [7, 11) is 2.76. The average molecular weight is 218 g/mol. The molecule has 1 saturated carbocycles. The zero-order valence-electron chi connectivity index (χ0n) is 9.87. The Kier molecular flexibility index (Phi) is 4.12. The van der Waals surface area contributed by atoms with E-state index in [2.05, 4.69) is 13.8 Å². The average Bonchev–Trinajstić information content (AvgIpc) is 2.96. The molecule has 0 saturated heterocycles. The molecule has 1 fully saturated rings. The van der Waals surface area contributed by atoms with Crippen LogP contribution in [0.2, 0.25) is 5.54 Å². The lowest BCUT2D eigenvalue weighted by atomic mass is 10.2. The minimum Gasteiger partial charge on any atom is -0.377 e. The van der Waals surface area contributed by atoms with Crippen LogP contribution in [-0.4, -0.2) is 30.1 Å². The Morgan fingerprint density at radius 2 is 1.21 bits per heavy atom. The van der Waals surface area contributed by atoms with Crippen molar-refractivity contribution >= 4 is 8.80 Å². The standard InChI is InChI=1S/C10H22O3Si/c1-6-8-9(7-2)10(8)14(11-3,12-4)13-5/h8-10H,6-7H2,1-5H3. The summed E-state index contributed by atoms with van der Waals surface area (Å²) in [5.41, 5.74) is 0.525. The van der Waals surface area contributed by atoms with Gasteiger partial charge in [0.25, 0.3) is 0 Å². The van der Waals surface area contributed by atoms with Crippen LogP contribution in [0, 0.1) is 11.8 Å². The summed E-state index contributed by atoms with van der Waals surface area (Å²) >= 11 is 0. The molecule has 3 nitrogen and oxygen atoms in total. The Bertz CT molecular complexity index is 164. The highest BCUT2D eigenvalue weighted by Crippen LogP contribution is 2.61. The van der Waals surface area contributed by atoms with Gasteiger partial charge >= 0.3 is 8.80 Å². The first-order valence-corrected chi connectivity index (χ1v) is 7.16. The molecular weight excluding hydrogens is 196 g/mol. The number of hydrogen-bond acceptors (Lipinski definition) is 3. The summed E-state index contributed by atoms with van der Waals surface area (Å²) in [6.45, 7) is 4.46. The third-order valence-corrected chi connectivity index (χ3v) is 6.92. The van der Waals surface area contributed by atoms with Crippen molar-refractivity contribution in [3.63, 3.8) is 0 Å². The Labute approximate surface area is 88.1 Å². The van der Waals surface area contributed by atoms with Gasteiger partial charge in [0.05, 0.1) is 0 Å². The summed E-state index contributed by atoms with van der Waals surface area (Å²) in [5, 5.41) is 0. The first kappa shape index (κ1) is 12.2. The van der Waals surface area contributed by atoms with Crippen molar-refractivity contribution in [1.82, 2.24) is 0 Å². The van der Waals surface area contributed by atoms with Crippen LogP contribution in [0.4, 0.5) is 0 Å². The van der Waals surface area contributed by atoms with Crippen LogP contribution in [0.5, 0.6) is 0 Å². The molecule has 0 heterocycles. The van der Waals surface area contributed by atoms with Gasteiger partial charge < -0.3 is 13.3 Å². The van der Waals surface area contributed by atoms with E-state index in [4.69, 9.17) is 13.3 Å². The summed E-state index contributed by atoms with van der Waals surface area (Å²) in [6.07, 6.45) is 2.40. The number of hydrogen-bond donors (Lipinski definition) is 0. The second-order valence-corrected chi connectivity index (χ2v) is 6.98. The van der Waals surface area contributed by atoms with Gasteiger partial charge in [0.2, 0.25) is 0 Å². The molecule has 2 unspecified atom stereocenters. The van der Waals surface area contributed by atoms with E-state index in [1.54, 1.807) is 21.3 Å². The van der Waals surface area contributed by atoms with E-state index in [-0.39, 0.29) is 0 Å². The topological polar surface area (TPSA) is 27.7 Å². The predicted octanol–water partition coefficient (Wildman–Crippen LogP) is 2.30. The Hall–Kier alpha value is 0.0969. The molecule has 0 N–H and O–H groups in total. The molecule has 0 aliphatic heterocycles. The molecule has 2 atom stereocenters. The predicted molar refractivity (Wildman–Crippen MR) is 58.1 cm³/mol. The van der Waals surface area contributed by atoms with Crippen molar-refractivity contribution in [2.75, 3.05) is 21.3 Å². The van der Waals surface area contributed by atoms with Crippen molar-refractivity contribution in [2.24, 2.45) is 11.8 Å². The first-order valence-electron chi connectivity index (χ1n) is 5.36. The minimum absolute atomic E-state index is 0.525. The SMILES string of the molecule is CCC1C(CC)C1[Si](OC)(OC)OC. The van der Waals surface area contributed by atoms with E-state index in [0.717, 1.165) is 11.8 Å². The molecule has 14 heavy (non-hydrogen) atoms. The third-order valence-electron chi connectivity index (χ3n) is 3.54. The maximum Gasteiger partial charge on any atom is 0.504 e. The number of rotatable bonds is 6. The molecule has 0 amide bonds. The Morgan fingerprint density at radius 3 is 1.43 bits per heavy atom. The zero-order valence-corrected chi connectivity index (χ0v) is 10.9. The van der Waals surface area contributed by atoms with E-state index in [0.29, 0.717) is 5.54 Å². The van der Waals surface area contributed by atoms with Crippen molar-refractivity contribution in [3.8, 4) is 0 Å². The minimum atomic E-state index is -2.35. The van der Waals surface area contributed by atoms with E-state index >= 15 is 0 Å². The van der Waals surface area contributed by atoms with E-state index in [1.165, 1.54) is 12.8 Å². The van der Waals surface area contributed by atoms with Crippen molar-refractivity contribution < 1.29 is 13.3 Å². The molecule has 0 bridgehead atoms. The fourth-order valence-corrected chi connectivity index (χ4v) is 5.96. The van der Waals surface area contributed by atoms with E-state index in [1.807, 2.05) is 0 Å². The summed E-state index contributed by atoms with van der Waals surface area (Å²) in [6, 6.07) is 0. The second-order valence-electron chi connectivity index (χ2n) is 3.89. The summed E-state index contributed by atoms with van der Waals surface area (Å²) < 4.78 is 16.6. The molecule has 1 rings (SSSR count). The first-order chi connectivity index (χ1) is 6.70. The van der Waals surface area contributed by atoms with Crippen molar-refractivity contribution in [3.05, 3.63) is 0 Å². The fraction of sp³-hybridized carbons (Fsp3) is 1.00. The highest BCUT2D eigenvalue weighted by Gasteiger charge is 2.65. The second kappa shape index (κ2) is 4.75. The monoisotopic (exact) mass is 218 g/mol. The molecule has 0 aromatic rings. The maximum atomic E-state index is 5.52. The van der Waals surface area contributed by atoms with Crippen molar-refractivity contribution in [2.45, 2.75) is 32.2 Å². The maximum absolute atomic E-state index is 5.52.